The van der Waals surface area contributed by atoms with Crippen molar-refractivity contribution in [3.05, 3.63) is 228 Å². The highest BCUT2D eigenvalue weighted by Crippen LogP contribution is 2.52. The minimum atomic E-state index is -0.532. The molecule has 0 N–H and O–H groups in total. The lowest BCUT2D eigenvalue weighted by Crippen LogP contribution is -2.16. The first-order valence-corrected chi connectivity index (χ1v) is 30.5. The molecule has 5 aromatic heterocycles. The van der Waals surface area contributed by atoms with Gasteiger partial charge in [-0.2, -0.15) is 0 Å². The van der Waals surface area contributed by atoms with Crippen LogP contribution in [0.25, 0.3) is 152 Å². The SMILES string of the molecule is [2H]c1c([2H])c([2H])c(-c2cc(-c3ccc4c(c3)c3c5c(cc6c7cc8c(cc7n4c63)c3cc(-c4cc(C(C)(C)C)cc(C(C)(C)C)c4)cc4c6cc(-c7cc(C(C)(C)C)cc(C(C)(C)C)c7)ccc6n8c43)sc3ccccc35)cc(-c3c([2H])c([2H])c([2H])c([2H])c3[2H])c2)c([2H])c1[2H]. The van der Waals surface area contributed by atoms with Gasteiger partial charge in [-0.15, -0.1) is 11.3 Å². The van der Waals surface area contributed by atoms with Gasteiger partial charge >= 0.3 is 0 Å². The Labute approximate surface area is 516 Å². The van der Waals surface area contributed by atoms with Crippen molar-refractivity contribution < 1.29 is 13.7 Å². The van der Waals surface area contributed by atoms with Crippen LogP contribution in [0.5, 0.6) is 0 Å². The zero-order valence-electron chi connectivity index (χ0n) is 60.2. The van der Waals surface area contributed by atoms with E-state index in [0.29, 0.717) is 5.56 Å². The topological polar surface area (TPSA) is 8.82 Å². The first-order valence-electron chi connectivity index (χ1n) is 34.6. The van der Waals surface area contributed by atoms with Crippen LogP contribution in [0, 0.1) is 0 Å². The van der Waals surface area contributed by atoms with Crippen molar-refractivity contribution in [2.24, 2.45) is 0 Å². The summed E-state index contributed by atoms with van der Waals surface area (Å²) >= 11 is 1.78. The molecule has 0 aliphatic heterocycles. The fourth-order valence-electron chi connectivity index (χ4n) is 13.6. The summed E-state index contributed by atoms with van der Waals surface area (Å²) in [4.78, 5) is 0. The standard InChI is InChI=1S/C82H70N2S/c1-79(2,3)57-34-54(35-58(42-57)80(4,5)6)49-27-29-69-62(38-49)65-40-56(55-36-59(81(7,8)9)43-60(37-55)82(10,11)12)41-66-63-44-72-64(45-71(63)83(69)77(65)66)67-46-74-75(61-25-19-20-26-73(61)85-74)76-68-39-50(28-30-70(68)84(72)78(67)76)53-32-51(47-21-15-13-16-22-47)31-52(33-53)48-23-17-14-18-24-48/h13-46H,1-12H3/i13D,14D,15D,16D,17D,18D,21D,22D,23D,24D. The highest BCUT2D eigenvalue weighted by molar-refractivity contribution is 7.26. The van der Waals surface area contributed by atoms with E-state index in [4.69, 9.17) is 13.7 Å². The molecule has 3 heteroatoms. The Morgan fingerprint density at radius 1 is 0.282 bits per heavy atom. The van der Waals surface area contributed by atoms with Gasteiger partial charge in [0.25, 0.3) is 0 Å². The van der Waals surface area contributed by atoms with Crippen molar-refractivity contribution in [3.63, 3.8) is 0 Å². The molecule has 0 bridgehead atoms. The smallest absolute Gasteiger partial charge is 0.0629 e. The van der Waals surface area contributed by atoms with Gasteiger partial charge in [-0.3, -0.25) is 0 Å². The van der Waals surface area contributed by atoms with Crippen LogP contribution in [-0.2, 0) is 21.7 Å². The number of rotatable bonds is 5. The second-order valence-electron chi connectivity index (χ2n) is 28.0. The van der Waals surface area contributed by atoms with Crippen LogP contribution in [0.15, 0.2) is 206 Å². The van der Waals surface area contributed by atoms with E-state index in [9.17, 15) is 0 Å². The number of hydrogen-bond donors (Lipinski definition) is 0. The molecule has 0 saturated carbocycles. The van der Waals surface area contributed by atoms with Crippen molar-refractivity contribution in [2.45, 2.75) is 105 Å². The Kier molecular flexibility index (Phi) is 8.86. The summed E-state index contributed by atoms with van der Waals surface area (Å²) in [5.74, 6) is 0. The van der Waals surface area contributed by atoms with Gasteiger partial charge in [-0.1, -0.05) is 210 Å². The van der Waals surface area contributed by atoms with E-state index in [-0.39, 0.29) is 43.9 Å². The van der Waals surface area contributed by atoms with E-state index >= 15 is 0 Å². The first kappa shape index (κ1) is 42.1. The lowest BCUT2D eigenvalue weighted by Gasteiger charge is -2.26. The van der Waals surface area contributed by atoms with E-state index in [2.05, 4.69) is 213 Å². The van der Waals surface area contributed by atoms with Gasteiger partial charge < -0.3 is 8.80 Å². The predicted octanol–water partition coefficient (Wildman–Crippen LogP) is 23.9. The summed E-state index contributed by atoms with van der Waals surface area (Å²) in [6.07, 6.45) is 0. The highest BCUT2D eigenvalue weighted by Gasteiger charge is 2.29. The molecule has 0 aliphatic rings. The average molecular weight is 1130 g/mol. The van der Waals surface area contributed by atoms with E-state index in [1.54, 1.807) is 29.5 Å². The van der Waals surface area contributed by atoms with Crippen LogP contribution in [0.4, 0.5) is 0 Å². The lowest BCUT2D eigenvalue weighted by atomic mass is 9.78. The van der Waals surface area contributed by atoms with Crippen LogP contribution in [0.1, 0.15) is 119 Å². The molecule has 16 rings (SSSR count). The molecule has 11 aromatic carbocycles. The van der Waals surface area contributed by atoms with Crippen molar-refractivity contribution in [1.29, 1.82) is 0 Å². The fourth-order valence-corrected chi connectivity index (χ4v) is 14.7. The maximum absolute atomic E-state index is 9.11. The average Bonchev–Trinajstić information content (AvgIpc) is 1.51. The zero-order valence-corrected chi connectivity index (χ0v) is 51.0. The molecule has 2 nitrogen and oxygen atoms in total. The van der Waals surface area contributed by atoms with Crippen molar-refractivity contribution in [1.82, 2.24) is 8.80 Å². The third-order valence-corrected chi connectivity index (χ3v) is 19.4. The number of nitrogens with zero attached hydrogens (tertiary/aromatic N) is 2. The third-order valence-electron chi connectivity index (χ3n) is 18.2. The Morgan fingerprint density at radius 3 is 1.18 bits per heavy atom. The van der Waals surface area contributed by atoms with Gasteiger partial charge in [0.15, 0.2) is 0 Å². The quantitative estimate of drug-likeness (QED) is 0.162. The van der Waals surface area contributed by atoms with E-state index in [1.807, 2.05) is 6.07 Å². The zero-order chi connectivity index (χ0) is 67.1. The first-order chi connectivity index (χ1) is 44.8. The molecule has 0 spiro atoms. The molecule has 0 aliphatic carbocycles. The number of thiophene rings is 1. The minimum absolute atomic E-state index is 0.0513. The minimum Gasteiger partial charge on any atom is -0.308 e. The summed E-state index contributed by atoms with van der Waals surface area (Å²) in [6.45, 7) is 27.6. The third kappa shape index (κ3) is 8.03. The lowest BCUT2D eigenvalue weighted by molar-refractivity contribution is 0.568. The molecule has 5 heterocycles. The Bertz CT molecular complexity index is 5860. The number of hydrogen-bond acceptors (Lipinski definition) is 1. The number of benzene rings is 11. The van der Waals surface area contributed by atoms with Crippen LogP contribution in [-0.4, -0.2) is 8.80 Å². The largest absolute Gasteiger partial charge is 0.308 e. The molecular weight excluding hydrogens is 1040 g/mol. The number of fused-ring (bicyclic) bond motifs is 16. The van der Waals surface area contributed by atoms with E-state index in [1.165, 1.54) is 60.6 Å². The van der Waals surface area contributed by atoms with Crippen LogP contribution >= 0.6 is 11.3 Å². The number of aromatic nitrogens is 2. The second kappa shape index (κ2) is 17.9. The molecular formula is C82H70N2S. The van der Waals surface area contributed by atoms with Gasteiger partial charge in [0.2, 0.25) is 0 Å². The molecule has 0 unspecified atom stereocenters. The molecule has 0 atom stereocenters. The molecule has 85 heavy (non-hydrogen) atoms. The summed E-state index contributed by atoms with van der Waals surface area (Å²) in [5.41, 5.74) is 17.9. The monoisotopic (exact) mass is 1120 g/mol. The normalized spacial score (nSPS) is 14.8. The van der Waals surface area contributed by atoms with Crippen molar-refractivity contribution >= 4 is 108 Å². The van der Waals surface area contributed by atoms with Gasteiger partial charge in [-0.25, -0.2) is 0 Å². The van der Waals surface area contributed by atoms with Crippen LogP contribution in [0.2, 0.25) is 0 Å². The maximum Gasteiger partial charge on any atom is 0.0629 e. The summed E-state index contributed by atoms with van der Waals surface area (Å²) < 4.78 is 95.3. The summed E-state index contributed by atoms with van der Waals surface area (Å²) in [7, 11) is 0. The van der Waals surface area contributed by atoms with Crippen LogP contribution in [0.3, 0.4) is 0 Å². The Balaban J connectivity index is 1.00. The highest BCUT2D eigenvalue weighted by atomic mass is 32.1. The fraction of sp³-hybridized carbons (Fsp3) is 0.195. The van der Waals surface area contributed by atoms with Crippen molar-refractivity contribution in [3.8, 4) is 55.6 Å². The molecule has 16 aromatic rings. The summed E-state index contributed by atoms with van der Waals surface area (Å²) in [5, 5.41) is 11.3. The van der Waals surface area contributed by atoms with Crippen molar-refractivity contribution in [2.75, 3.05) is 0 Å². The van der Waals surface area contributed by atoms with E-state index in [0.717, 1.165) is 85.8 Å². The Morgan fingerprint density at radius 2 is 0.671 bits per heavy atom. The predicted molar refractivity (Wildman–Crippen MR) is 371 cm³/mol. The van der Waals surface area contributed by atoms with Gasteiger partial charge in [0.05, 0.1) is 46.8 Å². The molecule has 0 saturated heterocycles. The molecule has 0 fully saturated rings. The van der Waals surface area contributed by atoms with Gasteiger partial charge in [0, 0.05) is 63.3 Å². The maximum atomic E-state index is 9.11. The Hall–Kier alpha value is -8.76. The van der Waals surface area contributed by atoms with Crippen LogP contribution < -0.4 is 0 Å². The summed E-state index contributed by atoms with van der Waals surface area (Å²) in [6, 6.07) is 48.9. The van der Waals surface area contributed by atoms with Gasteiger partial charge in [0.1, 0.15) is 0 Å². The molecule has 414 valence electrons. The van der Waals surface area contributed by atoms with Gasteiger partial charge in [-0.05, 0) is 178 Å². The second-order valence-corrected chi connectivity index (χ2v) is 29.0. The van der Waals surface area contributed by atoms with E-state index < -0.39 is 60.4 Å². The molecule has 0 radical (unpaired) electrons. The molecule has 0 amide bonds.